The first-order chi connectivity index (χ1) is 9.97. The third-order valence-electron chi connectivity index (χ3n) is 3.33. The highest BCUT2D eigenvalue weighted by molar-refractivity contribution is 6.31. The van der Waals surface area contributed by atoms with Gasteiger partial charge in [0.25, 0.3) is 0 Å². The van der Waals surface area contributed by atoms with Crippen LogP contribution >= 0.6 is 11.6 Å². The maximum atomic E-state index is 13.7. The van der Waals surface area contributed by atoms with Gasteiger partial charge in [0.15, 0.2) is 0 Å². The van der Waals surface area contributed by atoms with Crippen LogP contribution in [0.25, 0.3) is 0 Å². The molecule has 1 unspecified atom stereocenters. The van der Waals surface area contributed by atoms with E-state index in [1.54, 1.807) is 6.07 Å². The third kappa shape index (κ3) is 4.11. The van der Waals surface area contributed by atoms with Crippen molar-refractivity contribution in [3.8, 4) is 0 Å². The minimum Gasteiger partial charge on any atom is -0.381 e. The smallest absolute Gasteiger partial charge is 0.126 e. The fourth-order valence-corrected chi connectivity index (χ4v) is 2.50. The normalized spacial score (nSPS) is 12.0. The van der Waals surface area contributed by atoms with Crippen molar-refractivity contribution in [3.05, 3.63) is 58.9 Å². The second-order valence-corrected chi connectivity index (χ2v) is 5.83. The number of hydrogen-bond acceptors (Lipinski definition) is 2. The zero-order chi connectivity index (χ0) is 15.4. The molecule has 2 nitrogen and oxygen atoms in total. The molecule has 2 rings (SSSR count). The summed E-state index contributed by atoms with van der Waals surface area (Å²) in [4.78, 5) is 2.02. The lowest BCUT2D eigenvalue weighted by Crippen LogP contribution is -2.21. The van der Waals surface area contributed by atoms with Gasteiger partial charge in [-0.25, -0.2) is 4.39 Å². The van der Waals surface area contributed by atoms with Gasteiger partial charge in [0.05, 0.1) is 11.4 Å². The summed E-state index contributed by atoms with van der Waals surface area (Å²) in [6.45, 7) is 2.03. The molecule has 0 aromatic heterocycles. The van der Waals surface area contributed by atoms with E-state index in [9.17, 15) is 4.39 Å². The molecule has 2 aromatic carbocycles. The maximum absolute atomic E-state index is 13.7. The SMILES string of the molecule is CC(Cc1ccccc1F)Nc1cc(Cl)ccc1N(C)C. The number of nitrogens with zero attached hydrogens (tertiary/aromatic N) is 1. The highest BCUT2D eigenvalue weighted by atomic mass is 35.5. The van der Waals surface area contributed by atoms with Crippen molar-refractivity contribution in [2.75, 3.05) is 24.3 Å². The lowest BCUT2D eigenvalue weighted by atomic mass is 10.1. The Balaban J connectivity index is 2.14. The van der Waals surface area contributed by atoms with E-state index < -0.39 is 0 Å². The van der Waals surface area contributed by atoms with Crippen molar-refractivity contribution in [3.63, 3.8) is 0 Å². The fraction of sp³-hybridized carbons (Fsp3) is 0.294. The predicted molar refractivity (Wildman–Crippen MR) is 89.0 cm³/mol. The van der Waals surface area contributed by atoms with Crippen molar-refractivity contribution in [1.29, 1.82) is 0 Å². The van der Waals surface area contributed by atoms with Crippen LogP contribution in [0, 0.1) is 5.82 Å². The Morgan fingerprint density at radius 2 is 1.90 bits per heavy atom. The summed E-state index contributed by atoms with van der Waals surface area (Å²) in [7, 11) is 3.96. The van der Waals surface area contributed by atoms with Crippen molar-refractivity contribution >= 4 is 23.0 Å². The Morgan fingerprint density at radius 3 is 2.57 bits per heavy atom. The maximum Gasteiger partial charge on any atom is 0.126 e. The molecule has 4 heteroatoms. The molecule has 0 radical (unpaired) electrons. The summed E-state index contributed by atoms with van der Waals surface area (Å²) >= 11 is 6.07. The van der Waals surface area contributed by atoms with Crippen LogP contribution in [0.4, 0.5) is 15.8 Å². The molecule has 0 saturated carbocycles. The van der Waals surface area contributed by atoms with Gasteiger partial charge in [-0.3, -0.25) is 0 Å². The molecule has 0 aliphatic heterocycles. The zero-order valence-corrected chi connectivity index (χ0v) is 13.3. The summed E-state index contributed by atoms with van der Waals surface area (Å²) in [6, 6.07) is 12.7. The van der Waals surface area contributed by atoms with Gasteiger partial charge in [0.1, 0.15) is 5.82 Å². The van der Waals surface area contributed by atoms with Crippen molar-refractivity contribution in [2.24, 2.45) is 0 Å². The summed E-state index contributed by atoms with van der Waals surface area (Å²) in [5.41, 5.74) is 2.72. The van der Waals surface area contributed by atoms with Gasteiger partial charge in [0, 0.05) is 25.2 Å². The van der Waals surface area contributed by atoms with E-state index in [1.807, 2.05) is 56.3 Å². The minimum atomic E-state index is -0.162. The molecular weight excluding hydrogens is 287 g/mol. The van der Waals surface area contributed by atoms with Crippen molar-refractivity contribution < 1.29 is 4.39 Å². The second-order valence-electron chi connectivity index (χ2n) is 5.40. The van der Waals surface area contributed by atoms with E-state index in [0.717, 1.165) is 11.4 Å². The number of rotatable bonds is 5. The van der Waals surface area contributed by atoms with Crippen molar-refractivity contribution in [2.45, 2.75) is 19.4 Å². The predicted octanol–water partition coefficient (Wildman–Crippen LogP) is 4.59. The summed E-state index contributed by atoms with van der Waals surface area (Å²) in [5.74, 6) is -0.162. The Hall–Kier alpha value is -1.74. The first-order valence-electron chi connectivity index (χ1n) is 6.94. The highest BCUT2D eigenvalue weighted by Gasteiger charge is 2.11. The van der Waals surface area contributed by atoms with Crippen LogP contribution in [0.2, 0.25) is 5.02 Å². The Kier molecular flexibility index (Phi) is 5.07. The molecule has 112 valence electrons. The molecule has 0 amide bonds. The second kappa shape index (κ2) is 6.81. The standard InChI is InChI=1S/C17H20ClFN2/c1-12(10-13-6-4-5-7-15(13)19)20-16-11-14(18)8-9-17(16)21(2)3/h4-9,11-12,20H,10H2,1-3H3. The quantitative estimate of drug-likeness (QED) is 0.869. The molecule has 1 atom stereocenters. The first-order valence-corrected chi connectivity index (χ1v) is 7.32. The van der Waals surface area contributed by atoms with Crippen LogP contribution in [-0.4, -0.2) is 20.1 Å². The highest BCUT2D eigenvalue weighted by Crippen LogP contribution is 2.28. The van der Waals surface area contributed by atoms with Gasteiger partial charge in [-0.05, 0) is 43.2 Å². The number of benzene rings is 2. The van der Waals surface area contributed by atoms with Gasteiger partial charge in [-0.15, -0.1) is 0 Å². The molecule has 0 saturated heterocycles. The van der Waals surface area contributed by atoms with Crippen LogP contribution in [0.1, 0.15) is 12.5 Å². The Labute approximate surface area is 130 Å². The van der Waals surface area contributed by atoms with Crippen LogP contribution < -0.4 is 10.2 Å². The summed E-state index contributed by atoms with van der Waals surface area (Å²) < 4.78 is 13.7. The molecule has 0 heterocycles. The molecule has 2 aromatic rings. The van der Waals surface area contributed by atoms with E-state index in [2.05, 4.69) is 5.32 Å². The fourth-order valence-electron chi connectivity index (χ4n) is 2.32. The van der Waals surface area contributed by atoms with Gasteiger partial charge < -0.3 is 10.2 Å². The number of nitrogens with one attached hydrogen (secondary N) is 1. The summed E-state index contributed by atoms with van der Waals surface area (Å²) in [5, 5.41) is 4.10. The lowest BCUT2D eigenvalue weighted by molar-refractivity contribution is 0.601. The monoisotopic (exact) mass is 306 g/mol. The first kappa shape index (κ1) is 15.6. The molecule has 0 spiro atoms. The summed E-state index contributed by atoms with van der Waals surface area (Å²) in [6.07, 6.45) is 0.617. The lowest BCUT2D eigenvalue weighted by Gasteiger charge is -2.22. The van der Waals surface area contributed by atoms with E-state index in [1.165, 1.54) is 6.07 Å². The van der Waals surface area contributed by atoms with Crippen LogP contribution in [0.15, 0.2) is 42.5 Å². The van der Waals surface area contributed by atoms with Crippen LogP contribution in [0.5, 0.6) is 0 Å². The number of anilines is 2. The number of halogens is 2. The van der Waals surface area contributed by atoms with Gasteiger partial charge >= 0.3 is 0 Å². The van der Waals surface area contributed by atoms with E-state index in [-0.39, 0.29) is 11.9 Å². The van der Waals surface area contributed by atoms with E-state index >= 15 is 0 Å². The average molecular weight is 307 g/mol. The third-order valence-corrected chi connectivity index (χ3v) is 3.56. The molecule has 0 bridgehead atoms. The Bertz CT molecular complexity index is 613. The number of hydrogen-bond donors (Lipinski definition) is 1. The van der Waals surface area contributed by atoms with Crippen LogP contribution in [0.3, 0.4) is 0 Å². The molecule has 21 heavy (non-hydrogen) atoms. The van der Waals surface area contributed by atoms with Gasteiger partial charge in [-0.2, -0.15) is 0 Å². The van der Waals surface area contributed by atoms with Gasteiger partial charge in [0.2, 0.25) is 0 Å². The minimum absolute atomic E-state index is 0.0964. The van der Waals surface area contributed by atoms with E-state index in [0.29, 0.717) is 17.0 Å². The molecule has 0 fully saturated rings. The zero-order valence-electron chi connectivity index (χ0n) is 12.5. The molecule has 1 N–H and O–H groups in total. The molecule has 0 aliphatic carbocycles. The Morgan fingerprint density at radius 1 is 1.19 bits per heavy atom. The van der Waals surface area contributed by atoms with Gasteiger partial charge in [-0.1, -0.05) is 29.8 Å². The van der Waals surface area contributed by atoms with E-state index in [4.69, 9.17) is 11.6 Å². The topological polar surface area (TPSA) is 15.3 Å². The molecule has 0 aliphatic rings. The largest absolute Gasteiger partial charge is 0.381 e. The average Bonchev–Trinajstić information content (AvgIpc) is 2.41. The van der Waals surface area contributed by atoms with Crippen molar-refractivity contribution in [1.82, 2.24) is 0 Å². The molecular formula is C17H20ClFN2. The van der Waals surface area contributed by atoms with Crippen LogP contribution in [-0.2, 0) is 6.42 Å².